The number of hydrogen-bond acceptors (Lipinski definition) is 5. The van der Waals surface area contributed by atoms with E-state index in [1.54, 1.807) is 11.8 Å². The van der Waals surface area contributed by atoms with E-state index in [2.05, 4.69) is 10.5 Å². The lowest BCUT2D eigenvalue weighted by molar-refractivity contribution is -0.119. The highest BCUT2D eigenvalue weighted by atomic mass is 32.2. The third kappa shape index (κ3) is 5.17. The number of amides is 1. The Hall–Kier alpha value is -1.01. The van der Waals surface area contributed by atoms with E-state index in [4.69, 9.17) is 9.63 Å². The standard InChI is InChI=1S/C14H24N2O3S/c1-9(2)13(5-6-17)15-14(18)8-20-7-12-10(3)16-19-11(12)4/h9,13,17H,5-8H2,1-4H3,(H,15,18). The minimum absolute atomic E-state index is 0.00825. The van der Waals surface area contributed by atoms with Crippen LogP contribution in [0.1, 0.15) is 37.3 Å². The Morgan fingerprint density at radius 3 is 2.65 bits per heavy atom. The van der Waals surface area contributed by atoms with Crippen molar-refractivity contribution in [1.29, 1.82) is 0 Å². The van der Waals surface area contributed by atoms with Crippen molar-refractivity contribution in [2.24, 2.45) is 5.92 Å². The molecule has 0 spiro atoms. The van der Waals surface area contributed by atoms with Gasteiger partial charge in [-0.2, -0.15) is 0 Å². The zero-order valence-corrected chi connectivity index (χ0v) is 13.4. The van der Waals surface area contributed by atoms with Crippen LogP contribution in [0.3, 0.4) is 0 Å². The molecule has 0 fully saturated rings. The second-order valence-electron chi connectivity index (χ2n) is 5.23. The van der Waals surface area contributed by atoms with E-state index in [0.29, 0.717) is 18.1 Å². The number of hydrogen-bond donors (Lipinski definition) is 2. The van der Waals surface area contributed by atoms with E-state index >= 15 is 0 Å². The Bertz CT molecular complexity index is 413. The minimum atomic E-state index is 0.00825. The van der Waals surface area contributed by atoms with Crippen LogP contribution < -0.4 is 5.32 Å². The fraction of sp³-hybridized carbons (Fsp3) is 0.714. The molecule has 6 heteroatoms. The van der Waals surface area contributed by atoms with Crippen LogP contribution in [0.4, 0.5) is 0 Å². The molecular weight excluding hydrogens is 276 g/mol. The van der Waals surface area contributed by atoms with Crippen LogP contribution in [0.15, 0.2) is 4.52 Å². The second-order valence-corrected chi connectivity index (χ2v) is 6.21. The lowest BCUT2D eigenvalue weighted by Gasteiger charge is -2.21. The van der Waals surface area contributed by atoms with E-state index in [0.717, 1.165) is 22.8 Å². The maximum atomic E-state index is 11.9. The van der Waals surface area contributed by atoms with Crippen LogP contribution in [0, 0.1) is 19.8 Å². The first-order valence-electron chi connectivity index (χ1n) is 6.85. The van der Waals surface area contributed by atoms with Crippen LogP contribution in [0.5, 0.6) is 0 Å². The van der Waals surface area contributed by atoms with Gasteiger partial charge in [-0.3, -0.25) is 4.79 Å². The van der Waals surface area contributed by atoms with Gasteiger partial charge in [-0.05, 0) is 26.2 Å². The summed E-state index contributed by atoms with van der Waals surface area (Å²) in [6.07, 6.45) is 0.595. The molecule has 2 N–H and O–H groups in total. The molecule has 114 valence electrons. The zero-order chi connectivity index (χ0) is 15.1. The number of rotatable bonds is 8. The van der Waals surface area contributed by atoms with Crippen molar-refractivity contribution in [2.45, 2.75) is 45.9 Å². The summed E-state index contributed by atoms with van der Waals surface area (Å²) >= 11 is 1.54. The van der Waals surface area contributed by atoms with Gasteiger partial charge in [0.05, 0.1) is 11.4 Å². The number of aliphatic hydroxyl groups excluding tert-OH is 1. The normalized spacial score (nSPS) is 12.7. The van der Waals surface area contributed by atoms with Crippen molar-refractivity contribution in [1.82, 2.24) is 10.5 Å². The number of aliphatic hydroxyl groups is 1. The van der Waals surface area contributed by atoms with Crippen molar-refractivity contribution in [3.63, 3.8) is 0 Å². The molecule has 0 saturated carbocycles. The second kappa shape index (κ2) is 8.32. The number of aryl methyl sites for hydroxylation is 2. The minimum Gasteiger partial charge on any atom is -0.396 e. The van der Waals surface area contributed by atoms with Crippen molar-refractivity contribution in [3.05, 3.63) is 17.0 Å². The summed E-state index contributed by atoms with van der Waals surface area (Å²) in [5.41, 5.74) is 1.95. The van der Waals surface area contributed by atoms with Gasteiger partial charge in [0.25, 0.3) is 0 Å². The number of nitrogens with one attached hydrogen (secondary N) is 1. The molecule has 0 aliphatic heterocycles. The summed E-state index contributed by atoms with van der Waals surface area (Å²) in [5.74, 6) is 2.27. The van der Waals surface area contributed by atoms with Gasteiger partial charge in [0.1, 0.15) is 5.76 Å². The molecule has 1 aromatic heterocycles. The van der Waals surface area contributed by atoms with Gasteiger partial charge >= 0.3 is 0 Å². The van der Waals surface area contributed by atoms with Gasteiger partial charge in [-0.25, -0.2) is 0 Å². The fourth-order valence-corrected chi connectivity index (χ4v) is 2.90. The predicted molar refractivity (Wildman–Crippen MR) is 80.6 cm³/mol. The largest absolute Gasteiger partial charge is 0.396 e. The van der Waals surface area contributed by atoms with Gasteiger partial charge < -0.3 is 14.9 Å². The average Bonchev–Trinajstić information content (AvgIpc) is 2.69. The maximum Gasteiger partial charge on any atom is 0.230 e. The van der Waals surface area contributed by atoms with E-state index < -0.39 is 0 Å². The zero-order valence-electron chi connectivity index (χ0n) is 12.6. The maximum absolute atomic E-state index is 11.9. The van der Waals surface area contributed by atoms with Crippen molar-refractivity contribution in [3.8, 4) is 0 Å². The Balaban J connectivity index is 2.36. The first-order valence-corrected chi connectivity index (χ1v) is 8.00. The van der Waals surface area contributed by atoms with E-state index in [1.165, 1.54) is 0 Å². The number of carbonyl (C=O) groups is 1. The third-order valence-corrected chi connectivity index (χ3v) is 4.21. The Labute approximate surface area is 124 Å². The summed E-state index contributed by atoms with van der Waals surface area (Å²) in [6.45, 7) is 7.96. The van der Waals surface area contributed by atoms with E-state index in [1.807, 2.05) is 27.7 Å². The number of aromatic nitrogens is 1. The Morgan fingerprint density at radius 2 is 2.15 bits per heavy atom. The first kappa shape index (κ1) is 17.0. The van der Waals surface area contributed by atoms with Gasteiger partial charge in [0.2, 0.25) is 5.91 Å². The summed E-state index contributed by atoms with van der Waals surface area (Å²) < 4.78 is 5.09. The molecule has 0 radical (unpaired) electrons. The molecule has 1 unspecified atom stereocenters. The molecule has 1 atom stereocenters. The third-order valence-electron chi connectivity index (χ3n) is 3.25. The van der Waals surface area contributed by atoms with E-state index in [9.17, 15) is 4.79 Å². The summed E-state index contributed by atoms with van der Waals surface area (Å²) in [7, 11) is 0. The molecule has 1 aromatic rings. The molecule has 0 saturated heterocycles. The number of carbonyl (C=O) groups excluding carboxylic acids is 1. The highest BCUT2D eigenvalue weighted by molar-refractivity contribution is 7.99. The monoisotopic (exact) mass is 300 g/mol. The van der Waals surface area contributed by atoms with Crippen molar-refractivity contribution < 1.29 is 14.4 Å². The fourth-order valence-electron chi connectivity index (χ4n) is 1.91. The topological polar surface area (TPSA) is 75.4 Å². The molecule has 1 heterocycles. The Morgan fingerprint density at radius 1 is 1.45 bits per heavy atom. The lowest BCUT2D eigenvalue weighted by atomic mass is 10.0. The molecule has 0 bridgehead atoms. The summed E-state index contributed by atoms with van der Waals surface area (Å²) in [4.78, 5) is 11.9. The average molecular weight is 300 g/mol. The molecule has 1 amide bonds. The van der Waals surface area contributed by atoms with Gasteiger partial charge in [0, 0.05) is 24.0 Å². The van der Waals surface area contributed by atoms with Gasteiger partial charge in [0.15, 0.2) is 0 Å². The molecule has 0 aliphatic carbocycles. The highest BCUT2D eigenvalue weighted by Gasteiger charge is 2.16. The van der Waals surface area contributed by atoms with Gasteiger partial charge in [-0.1, -0.05) is 19.0 Å². The van der Waals surface area contributed by atoms with Crippen molar-refractivity contribution in [2.75, 3.05) is 12.4 Å². The molecule has 0 aromatic carbocycles. The van der Waals surface area contributed by atoms with Crippen LogP contribution >= 0.6 is 11.8 Å². The van der Waals surface area contributed by atoms with Gasteiger partial charge in [-0.15, -0.1) is 11.8 Å². The first-order chi connectivity index (χ1) is 9.45. The molecule has 0 aliphatic rings. The summed E-state index contributed by atoms with van der Waals surface area (Å²) in [6, 6.07) is 0.0344. The Kier molecular flexibility index (Phi) is 7.09. The smallest absolute Gasteiger partial charge is 0.230 e. The number of nitrogens with zero attached hydrogens (tertiary/aromatic N) is 1. The molecule has 20 heavy (non-hydrogen) atoms. The lowest BCUT2D eigenvalue weighted by Crippen LogP contribution is -2.40. The summed E-state index contributed by atoms with van der Waals surface area (Å²) in [5, 5.41) is 15.8. The molecular formula is C14H24N2O3S. The molecule has 5 nitrogen and oxygen atoms in total. The highest BCUT2D eigenvalue weighted by Crippen LogP contribution is 2.19. The van der Waals surface area contributed by atoms with Crippen LogP contribution in [-0.4, -0.2) is 34.6 Å². The SMILES string of the molecule is Cc1noc(C)c1CSCC(=O)NC(CCO)C(C)C. The van der Waals surface area contributed by atoms with Crippen LogP contribution in [0.25, 0.3) is 0 Å². The molecule has 1 rings (SSSR count). The van der Waals surface area contributed by atoms with Crippen LogP contribution in [-0.2, 0) is 10.5 Å². The quantitative estimate of drug-likeness (QED) is 0.768. The van der Waals surface area contributed by atoms with Crippen LogP contribution in [0.2, 0.25) is 0 Å². The predicted octanol–water partition coefficient (Wildman–Crippen LogP) is 2.05. The van der Waals surface area contributed by atoms with Crippen molar-refractivity contribution >= 4 is 17.7 Å². The van der Waals surface area contributed by atoms with E-state index in [-0.39, 0.29) is 18.6 Å². The number of thioether (sulfide) groups is 1.